The summed E-state index contributed by atoms with van der Waals surface area (Å²) in [4.78, 5) is 2.65. The molecule has 2 unspecified atom stereocenters. The van der Waals surface area contributed by atoms with Crippen molar-refractivity contribution in [3.05, 3.63) is 35.4 Å². The van der Waals surface area contributed by atoms with Gasteiger partial charge in [-0.1, -0.05) is 31.2 Å². The van der Waals surface area contributed by atoms with Gasteiger partial charge >= 0.3 is 0 Å². The second-order valence-electron chi connectivity index (χ2n) is 6.67. The number of piperidine rings is 1. The van der Waals surface area contributed by atoms with Crippen molar-refractivity contribution in [1.82, 2.24) is 10.2 Å². The summed E-state index contributed by atoms with van der Waals surface area (Å²) in [6.07, 6.45) is 5.38. The molecule has 1 aromatic rings. The smallest absolute Gasteiger partial charge is 0.0236 e. The zero-order chi connectivity index (χ0) is 13.8. The van der Waals surface area contributed by atoms with Crippen molar-refractivity contribution in [2.24, 2.45) is 11.8 Å². The Hall–Kier alpha value is -0.860. The van der Waals surface area contributed by atoms with E-state index in [0.29, 0.717) is 0 Å². The normalized spacial score (nSPS) is 25.1. The molecule has 0 aromatic heterocycles. The van der Waals surface area contributed by atoms with E-state index in [1.807, 2.05) is 0 Å². The SMILES string of the molecule is CC(CCN1CCc2ccccc2C1)C1CCCNC1. The van der Waals surface area contributed by atoms with Crippen molar-refractivity contribution in [3.63, 3.8) is 0 Å². The van der Waals surface area contributed by atoms with Crippen molar-refractivity contribution in [3.8, 4) is 0 Å². The molecular formula is C18H28N2. The van der Waals surface area contributed by atoms with Crippen molar-refractivity contribution in [1.29, 1.82) is 0 Å². The predicted octanol–water partition coefficient (Wildman–Crippen LogP) is 3.07. The maximum Gasteiger partial charge on any atom is 0.0236 e. The molecule has 2 aliphatic rings. The van der Waals surface area contributed by atoms with Crippen LogP contribution in [0.3, 0.4) is 0 Å². The average molecular weight is 272 g/mol. The fourth-order valence-electron chi connectivity index (χ4n) is 3.73. The fourth-order valence-corrected chi connectivity index (χ4v) is 3.73. The van der Waals surface area contributed by atoms with Crippen LogP contribution < -0.4 is 5.32 Å². The van der Waals surface area contributed by atoms with Crippen LogP contribution >= 0.6 is 0 Å². The molecule has 3 rings (SSSR count). The molecule has 0 saturated carbocycles. The standard InChI is InChI=1S/C18H28N2/c1-15(17-7-4-10-19-13-17)8-11-20-12-9-16-5-2-3-6-18(16)14-20/h2-3,5-6,15,17,19H,4,7-14H2,1H3. The Balaban J connectivity index is 1.47. The molecule has 2 nitrogen and oxygen atoms in total. The lowest BCUT2D eigenvalue weighted by Gasteiger charge is -2.32. The lowest BCUT2D eigenvalue weighted by atomic mass is 9.85. The van der Waals surface area contributed by atoms with Gasteiger partial charge in [-0.2, -0.15) is 0 Å². The summed E-state index contributed by atoms with van der Waals surface area (Å²) in [5, 5.41) is 3.55. The van der Waals surface area contributed by atoms with Crippen LogP contribution in [0.15, 0.2) is 24.3 Å². The third-order valence-corrected chi connectivity index (χ3v) is 5.25. The second-order valence-corrected chi connectivity index (χ2v) is 6.67. The van der Waals surface area contributed by atoms with Crippen LogP contribution in [-0.4, -0.2) is 31.1 Å². The first kappa shape index (κ1) is 14.1. The van der Waals surface area contributed by atoms with Crippen LogP contribution in [0.1, 0.15) is 37.3 Å². The molecule has 2 heterocycles. The van der Waals surface area contributed by atoms with Crippen molar-refractivity contribution < 1.29 is 0 Å². The largest absolute Gasteiger partial charge is 0.316 e. The van der Waals surface area contributed by atoms with Crippen LogP contribution in [0, 0.1) is 11.8 Å². The predicted molar refractivity (Wildman–Crippen MR) is 84.8 cm³/mol. The van der Waals surface area contributed by atoms with Gasteiger partial charge in [0.05, 0.1) is 0 Å². The maximum absolute atomic E-state index is 3.55. The zero-order valence-electron chi connectivity index (χ0n) is 12.8. The number of nitrogens with zero attached hydrogens (tertiary/aromatic N) is 1. The van der Waals surface area contributed by atoms with E-state index in [1.165, 1.54) is 51.9 Å². The number of hydrogen-bond acceptors (Lipinski definition) is 2. The summed E-state index contributed by atoms with van der Waals surface area (Å²) in [5.41, 5.74) is 3.11. The lowest BCUT2D eigenvalue weighted by Crippen LogP contribution is -2.36. The monoisotopic (exact) mass is 272 g/mol. The molecule has 0 radical (unpaired) electrons. The van der Waals surface area contributed by atoms with E-state index >= 15 is 0 Å². The molecular weight excluding hydrogens is 244 g/mol. The van der Waals surface area contributed by atoms with Crippen LogP contribution in [0.2, 0.25) is 0 Å². The summed E-state index contributed by atoms with van der Waals surface area (Å²) in [7, 11) is 0. The van der Waals surface area contributed by atoms with Crippen LogP contribution in [0.5, 0.6) is 0 Å². The highest BCUT2D eigenvalue weighted by atomic mass is 15.1. The van der Waals surface area contributed by atoms with Gasteiger partial charge < -0.3 is 5.32 Å². The van der Waals surface area contributed by atoms with Gasteiger partial charge in [0.25, 0.3) is 0 Å². The molecule has 0 bridgehead atoms. The quantitative estimate of drug-likeness (QED) is 0.906. The van der Waals surface area contributed by atoms with Crippen molar-refractivity contribution in [2.75, 3.05) is 26.2 Å². The molecule has 20 heavy (non-hydrogen) atoms. The molecule has 1 saturated heterocycles. The summed E-state index contributed by atoms with van der Waals surface area (Å²) in [6.45, 7) is 8.59. The number of benzene rings is 1. The number of nitrogens with one attached hydrogen (secondary N) is 1. The van der Waals surface area contributed by atoms with Gasteiger partial charge in [0, 0.05) is 13.1 Å². The van der Waals surface area contributed by atoms with Crippen molar-refractivity contribution >= 4 is 0 Å². The Morgan fingerprint density at radius 3 is 2.95 bits per heavy atom. The van der Waals surface area contributed by atoms with Gasteiger partial charge in [-0.15, -0.1) is 0 Å². The minimum absolute atomic E-state index is 0.861. The van der Waals surface area contributed by atoms with Gasteiger partial charge in [0.15, 0.2) is 0 Å². The van der Waals surface area contributed by atoms with E-state index in [-0.39, 0.29) is 0 Å². The minimum Gasteiger partial charge on any atom is -0.316 e. The molecule has 1 aromatic carbocycles. The first-order chi connectivity index (χ1) is 9.83. The lowest BCUT2D eigenvalue weighted by molar-refractivity contribution is 0.202. The third-order valence-electron chi connectivity index (χ3n) is 5.25. The Bertz CT molecular complexity index is 423. The summed E-state index contributed by atoms with van der Waals surface area (Å²) >= 11 is 0. The molecule has 2 heteroatoms. The molecule has 2 atom stereocenters. The van der Waals surface area contributed by atoms with E-state index < -0.39 is 0 Å². The summed E-state index contributed by atoms with van der Waals surface area (Å²) in [6, 6.07) is 8.95. The minimum atomic E-state index is 0.861. The van der Waals surface area contributed by atoms with Gasteiger partial charge in [0.2, 0.25) is 0 Å². The molecule has 0 spiro atoms. The Labute approximate surface area is 123 Å². The van der Waals surface area contributed by atoms with Gasteiger partial charge in [-0.05, 0) is 68.3 Å². The van der Waals surface area contributed by atoms with E-state index in [4.69, 9.17) is 0 Å². The first-order valence-corrected chi connectivity index (χ1v) is 8.33. The van der Waals surface area contributed by atoms with E-state index in [0.717, 1.165) is 18.4 Å². The highest BCUT2D eigenvalue weighted by molar-refractivity contribution is 5.28. The van der Waals surface area contributed by atoms with Crippen LogP contribution in [0.4, 0.5) is 0 Å². The van der Waals surface area contributed by atoms with Gasteiger partial charge in [0.1, 0.15) is 0 Å². The Morgan fingerprint density at radius 1 is 1.30 bits per heavy atom. The molecule has 1 N–H and O–H groups in total. The Morgan fingerprint density at radius 2 is 2.15 bits per heavy atom. The molecule has 2 aliphatic heterocycles. The number of fused-ring (bicyclic) bond motifs is 1. The molecule has 0 aliphatic carbocycles. The van der Waals surface area contributed by atoms with Crippen LogP contribution in [0.25, 0.3) is 0 Å². The van der Waals surface area contributed by atoms with Gasteiger partial charge in [-0.3, -0.25) is 4.90 Å². The van der Waals surface area contributed by atoms with E-state index in [9.17, 15) is 0 Å². The molecule has 1 fully saturated rings. The third kappa shape index (κ3) is 3.42. The van der Waals surface area contributed by atoms with E-state index in [2.05, 4.69) is 41.4 Å². The van der Waals surface area contributed by atoms with Crippen molar-refractivity contribution in [2.45, 2.75) is 39.2 Å². The number of rotatable bonds is 4. The Kier molecular flexibility index (Phi) is 4.74. The van der Waals surface area contributed by atoms with E-state index in [1.54, 1.807) is 11.1 Å². The molecule has 0 amide bonds. The van der Waals surface area contributed by atoms with Gasteiger partial charge in [-0.25, -0.2) is 0 Å². The number of hydrogen-bond donors (Lipinski definition) is 1. The van der Waals surface area contributed by atoms with Crippen LogP contribution in [-0.2, 0) is 13.0 Å². The maximum atomic E-state index is 3.55. The highest BCUT2D eigenvalue weighted by Crippen LogP contribution is 2.24. The highest BCUT2D eigenvalue weighted by Gasteiger charge is 2.21. The second kappa shape index (κ2) is 6.73. The zero-order valence-corrected chi connectivity index (χ0v) is 12.8. The molecule has 110 valence electrons. The first-order valence-electron chi connectivity index (χ1n) is 8.33. The fraction of sp³-hybridized carbons (Fsp3) is 0.667. The topological polar surface area (TPSA) is 15.3 Å². The summed E-state index contributed by atoms with van der Waals surface area (Å²) in [5.74, 6) is 1.76. The average Bonchev–Trinajstić information content (AvgIpc) is 2.53. The summed E-state index contributed by atoms with van der Waals surface area (Å²) < 4.78 is 0.